The fourth-order valence-corrected chi connectivity index (χ4v) is 4.25. The summed E-state index contributed by atoms with van der Waals surface area (Å²) in [4.78, 5) is 25.7. The van der Waals surface area contributed by atoms with Gasteiger partial charge in [-0.05, 0) is 41.5 Å². The molecule has 0 aromatic heterocycles. The third-order valence-electron chi connectivity index (χ3n) is 5.71. The largest absolute Gasteiger partial charge is 0.573 e. The van der Waals surface area contributed by atoms with Gasteiger partial charge in [0.2, 0.25) is 5.91 Å². The van der Waals surface area contributed by atoms with Crippen molar-refractivity contribution in [3.05, 3.63) is 88.5 Å². The standard InChI is InChI=1S/C24H15F6NO5/c1-35-20(33)15-11-13(7-10-18(15)32)22(12-5-8-14(9-6-12)36-24(28,29)30)16-3-2-4-17(23(25,26)27)19(16)31-21(22)34/h2-11,32H,1H3,(H,31,34). The number of ether oxygens (including phenoxy) is 2. The molecule has 188 valence electrons. The van der Waals surface area contributed by atoms with Crippen LogP contribution in [0.15, 0.2) is 60.7 Å². The lowest BCUT2D eigenvalue weighted by molar-refractivity contribution is -0.274. The summed E-state index contributed by atoms with van der Waals surface area (Å²) in [5.41, 5.74) is -4.32. The molecule has 36 heavy (non-hydrogen) atoms. The summed E-state index contributed by atoms with van der Waals surface area (Å²) in [6, 6.07) is 10.5. The first-order chi connectivity index (χ1) is 16.8. The zero-order valence-electron chi connectivity index (χ0n) is 18.1. The molecule has 0 aliphatic carbocycles. The van der Waals surface area contributed by atoms with E-state index >= 15 is 0 Å². The lowest BCUT2D eigenvalue weighted by atomic mass is 9.69. The normalized spacial score (nSPS) is 17.4. The number of hydrogen-bond acceptors (Lipinski definition) is 5. The Hall–Kier alpha value is -4.22. The van der Waals surface area contributed by atoms with Crippen LogP contribution in [0.25, 0.3) is 0 Å². The molecule has 12 heteroatoms. The minimum atomic E-state index is -5.00. The number of carbonyl (C=O) groups is 2. The minimum Gasteiger partial charge on any atom is -0.507 e. The average Bonchev–Trinajstić information content (AvgIpc) is 3.10. The number of amides is 1. The highest BCUT2D eigenvalue weighted by molar-refractivity contribution is 6.12. The number of phenols is 1. The number of esters is 1. The summed E-state index contributed by atoms with van der Waals surface area (Å²) in [5, 5.41) is 12.4. The number of phenolic OH excluding ortho intramolecular Hbond substituents is 1. The van der Waals surface area contributed by atoms with Gasteiger partial charge in [-0.2, -0.15) is 13.2 Å². The summed E-state index contributed by atoms with van der Waals surface area (Å²) >= 11 is 0. The van der Waals surface area contributed by atoms with E-state index < -0.39 is 52.6 Å². The molecule has 6 nitrogen and oxygen atoms in total. The van der Waals surface area contributed by atoms with Crippen molar-refractivity contribution in [1.82, 2.24) is 0 Å². The van der Waals surface area contributed by atoms with Crippen LogP contribution in [-0.2, 0) is 21.1 Å². The van der Waals surface area contributed by atoms with E-state index in [1.165, 1.54) is 12.1 Å². The van der Waals surface area contributed by atoms with Crippen LogP contribution in [-0.4, -0.2) is 30.5 Å². The highest BCUT2D eigenvalue weighted by Crippen LogP contribution is 2.52. The molecule has 3 aromatic carbocycles. The predicted octanol–water partition coefficient (Wildman–Crippen LogP) is 5.38. The van der Waals surface area contributed by atoms with E-state index in [1.54, 1.807) is 0 Å². The van der Waals surface area contributed by atoms with Crippen molar-refractivity contribution in [3.63, 3.8) is 0 Å². The molecule has 3 aromatic rings. The first kappa shape index (κ1) is 24.9. The van der Waals surface area contributed by atoms with E-state index in [0.717, 1.165) is 55.6 Å². The Bertz CT molecular complexity index is 1350. The van der Waals surface area contributed by atoms with Crippen LogP contribution < -0.4 is 10.1 Å². The van der Waals surface area contributed by atoms with Crippen LogP contribution >= 0.6 is 0 Å². The maximum atomic E-state index is 13.7. The van der Waals surface area contributed by atoms with Crippen LogP contribution in [0.2, 0.25) is 0 Å². The van der Waals surface area contributed by atoms with Gasteiger partial charge < -0.3 is 19.9 Å². The van der Waals surface area contributed by atoms with E-state index in [0.29, 0.717) is 0 Å². The average molecular weight is 511 g/mol. The van der Waals surface area contributed by atoms with Crippen molar-refractivity contribution in [1.29, 1.82) is 0 Å². The van der Waals surface area contributed by atoms with Crippen molar-refractivity contribution in [2.75, 3.05) is 12.4 Å². The van der Waals surface area contributed by atoms with E-state index in [1.807, 2.05) is 0 Å². The smallest absolute Gasteiger partial charge is 0.507 e. The van der Waals surface area contributed by atoms with Crippen molar-refractivity contribution in [2.24, 2.45) is 0 Å². The second-order valence-electron chi connectivity index (χ2n) is 7.73. The Morgan fingerprint density at radius 2 is 1.58 bits per heavy atom. The first-order valence-electron chi connectivity index (χ1n) is 10.1. The molecule has 1 unspecified atom stereocenters. The topological polar surface area (TPSA) is 84.9 Å². The molecule has 4 rings (SSSR count). The molecule has 1 amide bonds. The lowest BCUT2D eigenvalue weighted by Crippen LogP contribution is -2.37. The van der Waals surface area contributed by atoms with E-state index in [9.17, 15) is 41.0 Å². The van der Waals surface area contributed by atoms with Gasteiger partial charge in [0.1, 0.15) is 22.5 Å². The van der Waals surface area contributed by atoms with Crippen molar-refractivity contribution in [3.8, 4) is 11.5 Å². The molecule has 0 bridgehead atoms. The van der Waals surface area contributed by atoms with Gasteiger partial charge in [0.15, 0.2) is 0 Å². The van der Waals surface area contributed by atoms with Gasteiger partial charge >= 0.3 is 18.5 Å². The fraction of sp³-hybridized carbons (Fsp3) is 0.167. The molecule has 0 spiro atoms. The molecular weight excluding hydrogens is 496 g/mol. The number of hydrogen-bond donors (Lipinski definition) is 2. The van der Waals surface area contributed by atoms with Gasteiger partial charge in [0.25, 0.3) is 0 Å². The van der Waals surface area contributed by atoms with Crippen LogP contribution in [0, 0.1) is 0 Å². The highest BCUT2D eigenvalue weighted by Gasteiger charge is 2.52. The summed E-state index contributed by atoms with van der Waals surface area (Å²) in [5.74, 6) is -3.08. The van der Waals surface area contributed by atoms with E-state index in [2.05, 4.69) is 14.8 Å². The van der Waals surface area contributed by atoms with Gasteiger partial charge in [0, 0.05) is 5.56 Å². The number of anilines is 1. The number of carbonyl (C=O) groups excluding carboxylic acids is 2. The Kier molecular flexibility index (Phi) is 5.85. The summed E-state index contributed by atoms with van der Waals surface area (Å²) in [6.07, 6.45) is -9.84. The number of methoxy groups -OCH3 is 1. The molecule has 1 atom stereocenters. The zero-order valence-corrected chi connectivity index (χ0v) is 18.1. The van der Waals surface area contributed by atoms with Gasteiger partial charge in [-0.3, -0.25) is 4.79 Å². The maximum Gasteiger partial charge on any atom is 0.573 e. The minimum absolute atomic E-state index is 0.0193. The van der Waals surface area contributed by atoms with Crippen LogP contribution in [0.1, 0.15) is 32.6 Å². The number of para-hydroxylation sites is 1. The second kappa shape index (κ2) is 8.47. The van der Waals surface area contributed by atoms with Crippen LogP contribution in [0.3, 0.4) is 0 Å². The fourth-order valence-electron chi connectivity index (χ4n) is 4.25. The predicted molar refractivity (Wildman–Crippen MR) is 113 cm³/mol. The monoisotopic (exact) mass is 511 g/mol. The zero-order chi connectivity index (χ0) is 26.5. The van der Waals surface area contributed by atoms with Gasteiger partial charge in [-0.15, -0.1) is 13.2 Å². The molecular formula is C24H15F6NO5. The Morgan fingerprint density at radius 1 is 0.944 bits per heavy atom. The van der Waals surface area contributed by atoms with Gasteiger partial charge in [-0.1, -0.05) is 30.3 Å². The highest BCUT2D eigenvalue weighted by atomic mass is 19.4. The third-order valence-corrected chi connectivity index (χ3v) is 5.71. The lowest BCUT2D eigenvalue weighted by Gasteiger charge is -2.30. The van der Waals surface area contributed by atoms with Crippen LogP contribution in [0.5, 0.6) is 11.5 Å². The first-order valence-corrected chi connectivity index (χ1v) is 10.1. The second-order valence-corrected chi connectivity index (χ2v) is 7.73. The Balaban J connectivity index is 2.02. The molecule has 2 N–H and O–H groups in total. The Morgan fingerprint density at radius 3 is 2.17 bits per heavy atom. The van der Waals surface area contributed by atoms with Crippen molar-refractivity contribution >= 4 is 17.6 Å². The number of nitrogens with one attached hydrogen (secondary N) is 1. The summed E-state index contributed by atoms with van der Waals surface area (Å²) in [7, 11) is 1.04. The maximum absolute atomic E-state index is 13.7. The molecule has 1 heterocycles. The molecule has 1 aliphatic heterocycles. The molecule has 1 aliphatic rings. The van der Waals surface area contributed by atoms with Gasteiger partial charge in [0.05, 0.1) is 18.4 Å². The number of fused-ring (bicyclic) bond motifs is 1. The van der Waals surface area contributed by atoms with E-state index in [4.69, 9.17) is 0 Å². The number of rotatable bonds is 4. The molecule has 0 saturated heterocycles. The number of aromatic hydroxyl groups is 1. The van der Waals surface area contributed by atoms with Crippen LogP contribution in [0.4, 0.5) is 32.0 Å². The van der Waals surface area contributed by atoms with Crippen molar-refractivity contribution in [2.45, 2.75) is 18.0 Å². The Labute approximate surface area is 199 Å². The molecule has 0 fully saturated rings. The number of halogens is 6. The molecule has 0 saturated carbocycles. The SMILES string of the molecule is COC(=O)c1cc(C2(c3ccc(OC(F)(F)F)cc3)C(=O)Nc3c(C(F)(F)F)cccc32)ccc1O. The van der Waals surface area contributed by atoms with Gasteiger partial charge in [-0.25, -0.2) is 4.79 Å². The number of benzene rings is 3. The van der Waals surface area contributed by atoms with Crippen molar-refractivity contribution < 1.29 is 50.5 Å². The number of alkyl halides is 6. The van der Waals surface area contributed by atoms with E-state index in [-0.39, 0.29) is 22.3 Å². The third kappa shape index (κ3) is 4.08. The summed E-state index contributed by atoms with van der Waals surface area (Å²) < 4.78 is 87.6. The summed E-state index contributed by atoms with van der Waals surface area (Å²) in [6.45, 7) is 0. The molecule has 0 radical (unpaired) electrons. The quantitative estimate of drug-likeness (QED) is 0.363.